The van der Waals surface area contributed by atoms with Crippen LogP contribution >= 0.6 is 0 Å². The Morgan fingerprint density at radius 1 is 1.38 bits per heavy atom. The summed E-state index contributed by atoms with van der Waals surface area (Å²) in [5.41, 5.74) is -0.677. The third-order valence-electron chi connectivity index (χ3n) is 3.45. The molecule has 0 bridgehead atoms. The molecule has 1 aliphatic heterocycles. The van der Waals surface area contributed by atoms with Crippen molar-refractivity contribution in [2.24, 2.45) is 0 Å². The lowest BCUT2D eigenvalue weighted by Gasteiger charge is -2.29. The first-order valence-electron chi connectivity index (χ1n) is 7.13. The van der Waals surface area contributed by atoms with Crippen molar-refractivity contribution in [3.8, 4) is 6.19 Å². The average molecular weight is 295 g/mol. The van der Waals surface area contributed by atoms with E-state index in [0.29, 0.717) is 0 Å². The molecule has 1 saturated heterocycles. The molecule has 2 atom stereocenters. The second-order valence-electron chi connectivity index (χ2n) is 6.58. The van der Waals surface area contributed by atoms with E-state index in [1.165, 1.54) is 4.90 Å². The Balaban J connectivity index is 2.11. The molecule has 2 aliphatic rings. The van der Waals surface area contributed by atoms with Gasteiger partial charge in [0.15, 0.2) is 6.19 Å². The molecule has 0 aromatic carbocycles. The van der Waals surface area contributed by atoms with Gasteiger partial charge in [0.2, 0.25) is 0 Å². The number of carbonyl (C=O) groups is 2. The normalized spacial score (nSPS) is 25.4. The Hall–Kier alpha value is -1.81. The molecule has 1 heterocycles. The van der Waals surface area contributed by atoms with Gasteiger partial charge in [-0.3, -0.25) is 9.69 Å². The largest absolute Gasteiger partial charge is 0.444 e. The maximum absolute atomic E-state index is 12.4. The average Bonchev–Trinajstić information content (AvgIpc) is 3.09. The molecule has 2 amide bonds. The van der Waals surface area contributed by atoms with Crippen molar-refractivity contribution in [1.82, 2.24) is 9.80 Å². The summed E-state index contributed by atoms with van der Waals surface area (Å²) >= 11 is 0. The molecule has 2 rings (SSSR count). The van der Waals surface area contributed by atoms with Gasteiger partial charge < -0.3 is 9.84 Å². The monoisotopic (exact) mass is 295 g/mol. The molecular weight excluding hydrogens is 274 g/mol. The van der Waals surface area contributed by atoms with E-state index >= 15 is 0 Å². The number of β-amino-alcohol motifs (C(OH)–C–C–N with tert-alkyl or cyclic N) is 1. The van der Waals surface area contributed by atoms with Crippen molar-refractivity contribution in [1.29, 1.82) is 5.26 Å². The summed E-state index contributed by atoms with van der Waals surface area (Å²) in [6.45, 7) is 5.26. The van der Waals surface area contributed by atoms with Gasteiger partial charge in [0.25, 0.3) is 5.91 Å². The van der Waals surface area contributed by atoms with E-state index in [1.54, 1.807) is 20.8 Å². The van der Waals surface area contributed by atoms with Crippen LogP contribution in [-0.2, 0) is 9.53 Å². The number of likely N-dealkylation sites (tertiary alicyclic amines) is 1. The minimum Gasteiger partial charge on any atom is -0.444 e. The van der Waals surface area contributed by atoms with Crippen LogP contribution in [0.5, 0.6) is 0 Å². The standard InChI is InChI=1S/C14H21N3O4/c1-14(2,3)21-13(20)16-7-10(18)6-11(16)12(19)17(8-15)9-4-5-9/h9-11,18H,4-7H2,1-3H3/t10-,11+/m1/s1. The third-order valence-corrected chi connectivity index (χ3v) is 3.45. The van der Waals surface area contributed by atoms with E-state index in [0.717, 1.165) is 17.7 Å². The van der Waals surface area contributed by atoms with Gasteiger partial charge in [0, 0.05) is 12.5 Å². The maximum Gasteiger partial charge on any atom is 0.411 e. The van der Waals surface area contributed by atoms with Crippen molar-refractivity contribution in [3.05, 3.63) is 0 Å². The van der Waals surface area contributed by atoms with Gasteiger partial charge in [-0.15, -0.1) is 0 Å². The summed E-state index contributed by atoms with van der Waals surface area (Å²) in [6, 6.07) is -0.879. The predicted octanol–water partition coefficient (Wildman–Crippen LogP) is 0.829. The van der Waals surface area contributed by atoms with Crippen molar-refractivity contribution in [3.63, 3.8) is 0 Å². The number of aliphatic hydroxyl groups excluding tert-OH is 1. The molecule has 2 fully saturated rings. The molecule has 0 radical (unpaired) electrons. The number of ether oxygens (including phenoxy) is 1. The second kappa shape index (κ2) is 5.53. The molecule has 0 spiro atoms. The molecule has 0 aromatic rings. The van der Waals surface area contributed by atoms with Gasteiger partial charge in [-0.1, -0.05) is 0 Å². The number of carbonyl (C=O) groups excluding carboxylic acids is 2. The highest BCUT2D eigenvalue weighted by Gasteiger charge is 2.45. The highest BCUT2D eigenvalue weighted by Crippen LogP contribution is 2.30. The number of nitrogens with zero attached hydrogens (tertiary/aromatic N) is 3. The van der Waals surface area contributed by atoms with Crippen molar-refractivity contribution in [2.45, 2.75) is 63.8 Å². The predicted molar refractivity (Wildman–Crippen MR) is 72.8 cm³/mol. The summed E-state index contributed by atoms with van der Waals surface area (Å²) in [6.07, 6.45) is 2.24. The van der Waals surface area contributed by atoms with E-state index in [4.69, 9.17) is 10.00 Å². The molecule has 7 heteroatoms. The quantitative estimate of drug-likeness (QED) is 0.601. The van der Waals surface area contributed by atoms with Crippen LogP contribution in [0.15, 0.2) is 0 Å². The first kappa shape index (κ1) is 15.6. The first-order chi connectivity index (χ1) is 9.73. The molecule has 1 saturated carbocycles. The van der Waals surface area contributed by atoms with Crippen molar-refractivity contribution in [2.75, 3.05) is 6.54 Å². The van der Waals surface area contributed by atoms with Gasteiger partial charge in [0.1, 0.15) is 11.6 Å². The minimum atomic E-state index is -0.824. The van der Waals surface area contributed by atoms with Crippen molar-refractivity contribution >= 4 is 12.0 Å². The lowest BCUT2D eigenvalue weighted by molar-refractivity contribution is -0.133. The van der Waals surface area contributed by atoms with Gasteiger partial charge in [-0.25, -0.2) is 9.69 Å². The highest BCUT2D eigenvalue weighted by atomic mass is 16.6. The van der Waals surface area contributed by atoms with E-state index in [2.05, 4.69) is 0 Å². The number of aliphatic hydroxyl groups is 1. The Morgan fingerprint density at radius 2 is 2.00 bits per heavy atom. The topological polar surface area (TPSA) is 93.9 Å². The number of hydrogen-bond donors (Lipinski definition) is 1. The van der Waals surface area contributed by atoms with Crippen LogP contribution in [0.1, 0.15) is 40.0 Å². The zero-order valence-corrected chi connectivity index (χ0v) is 12.6. The molecule has 7 nitrogen and oxygen atoms in total. The zero-order valence-electron chi connectivity index (χ0n) is 12.6. The van der Waals surface area contributed by atoms with Crippen LogP contribution in [0.2, 0.25) is 0 Å². The number of hydrogen-bond acceptors (Lipinski definition) is 5. The molecule has 0 unspecified atom stereocenters. The molecular formula is C14H21N3O4. The summed E-state index contributed by atoms with van der Waals surface area (Å²) in [7, 11) is 0. The van der Waals surface area contributed by atoms with Gasteiger partial charge in [-0.2, -0.15) is 5.26 Å². The van der Waals surface area contributed by atoms with Crippen molar-refractivity contribution < 1.29 is 19.4 Å². The van der Waals surface area contributed by atoms with Crippen LogP contribution in [0, 0.1) is 11.5 Å². The second-order valence-corrected chi connectivity index (χ2v) is 6.58. The summed E-state index contributed by atoms with van der Waals surface area (Å²) in [5.74, 6) is -0.428. The van der Waals surface area contributed by atoms with Crippen LogP contribution in [-0.4, -0.2) is 57.2 Å². The fourth-order valence-corrected chi connectivity index (χ4v) is 2.37. The fourth-order valence-electron chi connectivity index (χ4n) is 2.37. The van der Waals surface area contributed by atoms with Crippen LogP contribution < -0.4 is 0 Å². The molecule has 1 N–H and O–H groups in total. The summed E-state index contributed by atoms with van der Waals surface area (Å²) in [4.78, 5) is 26.9. The molecule has 116 valence electrons. The molecule has 21 heavy (non-hydrogen) atoms. The Kier molecular flexibility index (Phi) is 4.10. The molecule has 1 aliphatic carbocycles. The summed E-state index contributed by atoms with van der Waals surface area (Å²) in [5, 5.41) is 18.9. The number of amides is 2. The minimum absolute atomic E-state index is 0.0508. The van der Waals surface area contributed by atoms with Gasteiger partial charge >= 0.3 is 6.09 Å². The lowest BCUT2D eigenvalue weighted by atomic mass is 10.1. The van der Waals surface area contributed by atoms with E-state index in [1.807, 2.05) is 6.19 Å². The zero-order chi connectivity index (χ0) is 15.8. The third kappa shape index (κ3) is 3.64. The Labute approximate surface area is 124 Å². The smallest absolute Gasteiger partial charge is 0.411 e. The van der Waals surface area contributed by atoms with Gasteiger partial charge in [0.05, 0.1) is 12.6 Å². The van der Waals surface area contributed by atoms with Crippen LogP contribution in [0.4, 0.5) is 4.79 Å². The Morgan fingerprint density at radius 3 is 2.48 bits per heavy atom. The van der Waals surface area contributed by atoms with E-state index in [9.17, 15) is 14.7 Å². The highest BCUT2D eigenvalue weighted by molar-refractivity contribution is 5.88. The van der Waals surface area contributed by atoms with E-state index < -0.39 is 29.7 Å². The number of nitriles is 1. The van der Waals surface area contributed by atoms with E-state index in [-0.39, 0.29) is 19.0 Å². The lowest BCUT2D eigenvalue weighted by Crippen LogP contribution is -2.48. The fraction of sp³-hybridized carbons (Fsp3) is 0.786. The summed E-state index contributed by atoms with van der Waals surface area (Å²) < 4.78 is 5.26. The Bertz CT molecular complexity index is 476. The maximum atomic E-state index is 12.4. The van der Waals surface area contributed by atoms with Crippen LogP contribution in [0.25, 0.3) is 0 Å². The SMILES string of the molecule is CC(C)(C)OC(=O)N1C[C@H](O)C[C@H]1C(=O)N(C#N)C1CC1. The van der Waals surface area contributed by atoms with Gasteiger partial charge in [-0.05, 0) is 33.6 Å². The van der Waals surface area contributed by atoms with Crippen LogP contribution in [0.3, 0.4) is 0 Å². The molecule has 0 aromatic heterocycles. The number of rotatable bonds is 2. The first-order valence-corrected chi connectivity index (χ1v) is 7.13.